The predicted octanol–water partition coefficient (Wildman–Crippen LogP) is 14.7. The number of hydrogen-bond donors (Lipinski definition) is 0. The zero-order chi connectivity index (χ0) is 32.5. The van der Waals surface area contributed by atoms with E-state index in [9.17, 15) is 0 Å². The third-order valence-corrected chi connectivity index (χ3v) is 13.9. The largest absolute Gasteiger partial charge is 0.134 e. The van der Waals surface area contributed by atoms with Crippen molar-refractivity contribution in [1.29, 1.82) is 0 Å². The monoisotopic (exact) mass is 690 g/mol. The standard InChI is InChI=1S/C44H34S4/c1-3-29-5-9-31(10-6-29)33-13-17-35(18-14-33)37-21-23-39(45-37)41-25-27-43(47-41)44-28-26-42(48-44)40-24-22-38(46-40)36-19-15-34(16-20-36)32-11-7-30(4-2)8-12-32/h5-28H,3-4H2,1-2H3. The second-order valence-electron chi connectivity index (χ2n) is 11.9. The molecule has 234 valence electrons. The second-order valence-corrected chi connectivity index (χ2v) is 16.2. The molecule has 8 rings (SSSR count). The van der Waals surface area contributed by atoms with Gasteiger partial charge in [0, 0.05) is 39.0 Å². The molecule has 0 saturated carbocycles. The van der Waals surface area contributed by atoms with Gasteiger partial charge in [0.15, 0.2) is 0 Å². The van der Waals surface area contributed by atoms with Crippen LogP contribution in [0.4, 0.5) is 0 Å². The quantitative estimate of drug-likeness (QED) is 0.141. The second kappa shape index (κ2) is 13.7. The first-order valence-electron chi connectivity index (χ1n) is 16.4. The van der Waals surface area contributed by atoms with Crippen LogP contribution in [-0.2, 0) is 12.8 Å². The Hall–Kier alpha value is -4.32. The molecule has 4 aromatic carbocycles. The molecule has 4 aromatic heterocycles. The molecule has 0 atom stereocenters. The number of rotatable bonds is 9. The summed E-state index contributed by atoms with van der Waals surface area (Å²) in [6.07, 6.45) is 2.14. The van der Waals surface area contributed by atoms with Crippen molar-refractivity contribution in [1.82, 2.24) is 0 Å². The molecule has 0 saturated heterocycles. The van der Waals surface area contributed by atoms with Crippen molar-refractivity contribution < 1.29 is 0 Å². The molecule has 0 aliphatic rings. The first-order valence-corrected chi connectivity index (χ1v) is 19.7. The lowest BCUT2D eigenvalue weighted by atomic mass is 10.0. The fourth-order valence-corrected chi connectivity index (χ4v) is 10.3. The van der Waals surface area contributed by atoms with E-state index in [2.05, 4.69) is 159 Å². The number of thiophene rings is 4. The van der Waals surface area contributed by atoms with Crippen LogP contribution in [-0.4, -0.2) is 0 Å². The van der Waals surface area contributed by atoms with Gasteiger partial charge in [-0.05, 0) is 106 Å². The van der Waals surface area contributed by atoms with Gasteiger partial charge in [0.25, 0.3) is 0 Å². The normalized spacial score (nSPS) is 11.3. The minimum absolute atomic E-state index is 1.07. The molecule has 0 nitrogen and oxygen atoms in total. The van der Waals surface area contributed by atoms with Crippen LogP contribution in [0.2, 0.25) is 0 Å². The van der Waals surface area contributed by atoms with Crippen molar-refractivity contribution in [2.75, 3.05) is 0 Å². The van der Waals surface area contributed by atoms with Crippen LogP contribution < -0.4 is 0 Å². The van der Waals surface area contributed by atoms with Crippen molar-refractivity contribution in [2.45, 2.75) is 26.7 Å². The summed E-state index contributed by atoms with van der Waals surface area (Å²) in [7, 11) is 0. The molecule has 0 radical (unpaired) electrons. The summed E-state index contributed by atoms with van der Waals surface area (Å²) in [6.45, 7) is 4.40. The lowest BCUT2D eigenvalue weighted by molar-refractivity contribution is 1.14. The van der Waals surface area contributed by atoms with Gasteiger partial charge >= 0.3 is 0 Å². The van der Waals surface area contributed by atoms with Crippen molar-refractivity contribution in [3.8, 4) is 72.4 Å². The maximum Gasteiger partial charge on any atom is 0.0449 e. The summed E-state index contributed by atoms with van der Waals surface area (Å²) in [5.74, 6) is 0. The third kappa shape index (κ3) is 6.42. The molecule has 8 aromatic rings. The Morgan fingerprint density at radius 1 is 0.250 bits per heavy atom. The average molecular weight is 691 g/mol. The minimum atomic E-state index is 1.07. The molecule has 0 amide bonds. The van der Waals surface area contributed by atoms with E-state index in [1.54, 1.807) is 0 Å². The van der Waals surface area contributed by atoms with Gasteiger partial charge in [0.05, 0.1) is 0 Å². The van der Waals surface area contributed by atoms with Crippen LogP contribution in [0.5, 0.6) is 0 Å². The highest BCUT2D eigenvalue weighted by atomic mass is 32.1. The van der Waals surface area contributed by atoms with Crippen LogP contribution >= 0.6 is 45.3 Å². The van der Waals surface area contributed by atoms with Gasteiger partial charge in [-0.15, -0.1) is 45.3 Å². The Labute approximate surface area is 299 Å². The molecule has 48 heavy (non-hydrogen) atoms. The van der Waals surface area contributed by atoms with E-state index in [0.29, 0.717) is 0 Å². The van der Waals surface area contributed by atoms with Gasteiger partial charge < -0.3 is 0 Å². The van der Waals surface area contributed by atoms with E-state index in [0.717, 1.165) is 12.8 Å². The summed E-state index contributed by atoms with van der Waals surface area (Å²) in [5, 5.41) is 0. The Kier molecular flexibility index (Phi) is 8.81. The molecular weight excluding hydrogens is 657 g/mol. The van der Waals surface area contributed by atoms with Gasteiger partial charge in [0.1, 0.15) is 0 Å². The van der Waals surface area contributed by atoms with E-state index in [1.807, 2.05) is 45.3 Å². The van der Waals surface area contributed by atoms with Crippen molar-refractivity contribution >= 4 is 45.3 Å². The molecule has 4 heterocycles. The van der Waals surface area contributed by atoms with Crippen LogP contribution in [0.3, 0.4) is 0 Å². The van der Waals surface area contributed by atoms with Gasteiger partial charge in [-0.25, -0.2) is 0 Å². The molecule has 0 unspecified atom stereocenters. The predicted molar refractivity (Wildman–Crippen MR) is 215 cm³/mol. The lowest BCUT2D eigenvalue weighted by Gasteiger charge is -2.05. The number of aryl methyl sites for hydroxylation is 2. The fourth-order valence-electron chi connectivity index (χ4n) is 5.98. The summed E-state index contributed by atoms with van der Waals surface area (Å²) in [4.78, 5) is 10.6. The van der Waals surface area contributed by atoms with Crippen molar-refractivity contribution in [3.05, 3.63) is 157 Å². The third-order valence-electron chi connectivity index (χ3n) is 8.88. The molecule has 0 N–H and O–H groups in total. The molecule has 0 spiro atoms. The zero-order valence-electron chi connectivity index (χ0n) is 26.9. The zero-order valence-corrected chi connectivity index (χ0v) is 30.2. The first kappa shape index (κ1) is 31.0. The lowest BCUT2D eigenvalue weighted by Crippen LogP contribution is -1.81. The van der Waals surface area contributed by atoms with E-state index in [1.165, 1.54) is 83.5 Å². The molecular formula is C44H34S4. The highest BCUT2D eigenvalue weighted by Gasteiger charge is 2.13. The highest BCUT2D eigenvalue weighted by molar-refractivity contribution is 7.29. The van der Waals surface area contributed by atoms with Gasteiger partial charge in [-0.1, -0.05) is 111 Å². The van der Waals surface area contributed by atoms with Crippen LogP contribution in [0.1, 0.15) is 25.0 Å². The fraction of sp³-hybridized carbons (Fsp3) is 0.0909. The number of benzene rings is 4. The molecule has 0 aliphatic heterocycles. The number of hydrogen-bond acceptors (Lipinski definition) is 4. The van der Waals surface area contributed by atoms with E-state index in [4.69, 9.17) is 0 Å². The molecule has 4 heteroatoms. The summed E-state index contributed by atoms with van der Waals surface area (Å²) in [5.41, 5.74) is 10.4. The Balaban J connectivity index is 0.947. The Morgan fingerprint density at radius 2 is 0.458 bits per heavy atom. The molecule has 0 fully saturated rings. The van der Waals surface area contributed by atoms with E-state index in [-0.39, 0.29) is 0 Å². The Bertz CT molecular complexity index is 2100. The Morgan fingerprint density at radius 3 is 0.729 bits per heavy atom. The van der Waals surface area contributed by atoms with Crippen LogP contribution in [0.25, 0.3) is 72.4 Å². The summed E-state index contributed by atoms with van der Waals surface area (Å²) >= 11 is 7.52. The molecule has 0 bridgehead atoms. The van der Waals surface area contributed by atoms with Gasteiger partial charge in [0.2, 0.25) is 0 Å². The smallest absolute Gasteiger partial charge is 0.0449 e. The van der Waals surface area contributed by atoms with Crippen LogP contribution in [0, 0.1) is 0 Å². The van der Waals surface area contributed by atoms with Gasteiger partial charge in [-0.2, -0.15) is 0 Å². The van der Waals surface area contributed by atoms with Gasteiger partial charge in [-0.3, -0.25) is 0 Å². The first-order chi connectivity index (χ1) is 23.6. The topological polar surface area (TPSA) is 0 Å². The average Bonchev–Trinajstić information content (AvgIpc) is 3.99. The van der Waals surface area contributed by atoms with E-state index >= 15 is 0 Å². The maximum atomic E-state index is 2.28. The van der Waals surface area contributed by atoms with E-state index < -0.39 is 0 Å². The van der Waals surface area contributed by atoms with Crippen LogP contribution in [0.15, 0.2) is 146 Å². The van der Waals surface area contributed by atoms with Crippen molar-refractivity contribution in [2.24, 2.45) is 0 Å². The molecule has 0 aliphatic carbocycles. The summed E-state index contributed by atoms with van der Waals surface area (Å²) in [6, 6.07) is 54.0. The van der Waals surface area contributed by atoms with Crippen molar-refractivity contribution in [3.63, 3.8) is 0 Å². The highest BCUT2D eigenvalue weighted by Crippen LogP contribution is 2.45. The minimum Gasteiger partial charge on any atom is -0.134 e. The summed E-state index contributed by atoms with van der Waals surface area (Å²) < 4.78 is 0. The SMILES string of the molecule is CCc1ccc(-c2ccc(-c3ccc(-c4ccc(-c5ccc(-c6ccc(-c7ccc(-c8ccc(CC)cc8)cc7)s6)s5)s4)s3)cc2)cc1. The maximum absolute atomic E-state index is 2.28.